The van der Waals surface area contributed by atoms with Gasteiger partial charge in [-0.3, -0.25) is 9.80 Å². The number of benzene rings is 2. The lowest BCUT2D eigenvalue weighted by molar-refractivity contribution is 0.0471. The van der Waals surface area contributed by atoms with Crippen LogP contribution in [0.1, 0.15) is 115 Å². The highest BCUT2D eigenvalue weighted by Crippen LogP contribution is 2.30. The van der Waals surface area contributed by atoms with E-state index in [-0.39, 0.29) is 30.9 Å². The van der Waals surface area contributed by atoms with E-state index in [4.69, 9.17) is 9.47 Å². The van der Waals surface area contributed by atoms with Crippen molar-refractivity contribution in [3.8, 4) is 11.5 Å². The van der Waals surface area contributed by atoms with Crippen LogP contribution in [0.5, 0.6) is 11.5 Å². The molecule has 41 heavy (non-hydrogen) atoms. The second-order valence-corrected chi connectivity index (χ2v) is 11.8. The van der Waals surface area contributed by atoms with Gasteiger partial charge in [0.25, 0.3) is 0 Å². The van der Waals surface area contributed by atoms with Gasteiger partial charge in [-0.05, 0) is 74.6 Å². The summed E-state index contributed by atoms with van der Waals surface area (Å²) in [7, 11) is 0. The number of carbonyl (C=O) groups is 2. The molecule has 0 aromatic heterocycles. The number of amides is 2. The number of nitrogens with zero attached hydrogens (tertiary/aromatic N) is 2. The van der Waals surface area contributed by atoms with Crippen LogP contribution in [-0.4, -0.2) is 40.7 Å². The fourth-order valence-corrected chi connectivity index (χ4v) is 6.25. The number of aryl methyl sites for hydroxylation is 2. The highest BCUT2D eigenvalue weighted by Gasteiger charge is 2.35. The summed E-state index contributed by atoms with van der Waals surface area (Å²) in [5.74, 6) is 1.26. The molecule has 2 aliphatic rings. The molecule has 4 rings (SSSR count). The van der Waals surface area contributed by atoms with Crippen molar-refractivity contribution in [2.45, 2.75) is 129 Å². The summed E-state index contributed by atoms with van der Waals surface area (Å²) < 4.78 is 12.2. The lowest BCUT2D eigenvalue weighted by Gasteiger charge is -2.40. The van der Waals surface area contributed by atoms with E-state index in [9.17, 15) is 9.59 Å². The van der Waals surface area contributed by atoms with E-state index in [2.05, 4.69) is 13.8 Å². The van der Waals surface area contributed by atoms with Crippen LogP contribution in [0.2, 0.25) is 0 Å². The summed E-state index contributed by atoms with van der Waals surface area (Å²) in [6, 6.07) is 15.8. The monoisotopic (exact) mass is 562 g/mol. The molecule has 0 atom stereocenters. The zero-order valence-electron chi connectivity index (χ0n) is 25.3. The van der Waals surface area contributed by atoms with E-state index in [1.54, 1.807) is 0 Å². The second-order valence-electron chi connectivity index (χ2n) is 11.8. The third kappa shape index (κ3) is 8.98. The van der Waals surface area contributed by atoms with Gasteiger partial charge < -0.3 is 9.47 Å². The molecular weight excluding hydrogens is 512 g/mol. The molecule has 6 nitrogen and oxygen atoms in total. The first kappa shape index (κ1) is 30.9. The van der Waals surface area contributed by atoms with Crippen molar-refractivity contribution in [1.82, 2.24) is 9.80 Å². The Labute approximate surface area is 247 Å². The van der Waals surface area contributed by atoms with E-state index in [0.717, 1.165) is 101 Å². The normalized spacial score (nSPS) is 16.2. The van der Waals surface area contributed by atoms with Crippen molar-refractivity contribution in [3.05, 3.63) is 59.7 Å². The molecule has 0 heterocycles. The van der Waals surface area contributed by atoms with Gasteiger partial charge in [-0.2, -0.15) is 0 Å². The van der Waals surface area contributed by atoms with Gasteiger partial charge in [0, 0.05) is 12.1 Å². The van der Waals surface area contributed by atoms with Crippen LogP contribution in [0.25, 0.3) is 0 Å². The Hall–Kier alpha value is -3.02. The molecule has 224 valence electrons. The molecule has 0 spiro atoms. The summed E-state index contributed by atoms with van der Waals surface area (Å²) >= 11 is 0. The maximum absolute atomic E-state index is 13.9. The van der Waals surface area contributed by atoms with Crippen LogP contribution in [0.4, 0.5) is 9.59 Å². The van der Waals surface area contributed by atoms with Crippen molar-refractivity contribution in [3.63, 3.8) is 0 Å². The number of ether oxygens (including phenoxy) is 2. The molecule has 0 bridgehead atoms. The summed E-state index contributed by atoms with van der Waals surface area (Å²) in [5, 5.41) is 0. The Balaban J connectivity index is 1.58. The third-order valence-electron chi connectivity index (χ3n) is 8.74. The average Bonchev–Trinajstić information content (AvgIpc) is 3.01. The van der Waals surface area contributed by atoms with Gasteiger partial charge in [0.15, 0.2) is 0 Å². The van der Waals surface area contributed by atoms with Gasteiger partial charge in [0.05, 0.1) is 0 Å². The fourth-order valence-electron chi connectivity index (χ4n) is 6.25. The third-order valence-corrected chi connectivity index (χ3v) is 8.74. The summed E-state index contributed by atoms with van der Waals surface area (Å²) in [4.78, 5) is 31.5. The minimum absolute atomic E-state index is 0.0507. The fraction of sp³-hybridized carbons (Fsp3) is 0.600. The Kier molecular flexibility index (Phi) is 12.4. The highest BCUT2D eigenvalue weighted by molar-refractivity contribution is 5.74. The molecule has 2 aliphatic carbocycles. The zero-order chi connectivity index (χ0) is 28.9. The molecule has 2 saturated carbocycles. The number of hydrogen-bond donors (Lipinski definition) is 0. The van der Waals surface area contributed by atoms with Gasteiger partial charge in [0.2, 0.25) is 0 Å². The van der Waals surface area contributed by atoms with Crippen molar-refractivity contribution in [2.24, 2.45) is 0 Å². The number of para-hydroxylation sites is 2. The summed E-state index contributed by atoms with van der Waals surface area (Å²) in [6.45, 7) is 4.53. The Morgan fingerprint density at radius 1 is 0.634 bits per heavy atom. The standard InChI is InChI=1S/C35H50N2O4/c1-3-5-17-28-19-13-15-25-32(28)40-34(38)36(30-21-9-7-10-22-30)27-37(31-23-11-8-12-24-31)35(39)41-33-26-16-14-20-29(33)18-6-4-2/h13-16,19-20,25-26,30-31H,3-12,17-18,21-24,27H2,1-2H3. The van der Waals surface area contributed by atoms with E-state index in [0.29, 0.717) is 11.5 Å². The average molecular weight is 563 g/mol. The lowest BCUT2D eigenvalue weighted by atomic mass is 9.93. The SMILES string of the molecule is CCCCc1ccccc1OC(=O)N(CN(C(=O)Oc1ccccc1CCCC)C1CCCCC1)C1CCCCC1. The topological polar surface area (TPSA) is 59.1 Å². The summed E-state index contributed by atoms with van der Waals surface area (Å²) in [5.41, 5.74) is 2.11. The van der Waals surface area contributed by atoms with Crippen LogP contribution in [0.15, 0.2) is 48.5 Å². The summed E-state index contributed by atoms with van der Waals surface area (Å²) in [6.07, 6.45) is 15.7. The van der Waals surface area contributed by atoms with Gasteiger partial charge in [0.1, 0.15) is 18.2 Å². The van der Waals surface area contributed by atoms with E-state index in [1.807, 2.05) is 58.3 Å². The first-order valence-corrected chi connectivity index (χ1v) is 16.2. The Morgan fingerprint density at radius 3 is 1.41 bits per heavy atom. The highest BCUT2D eigenvalue weighted by atomic mass is 16.6. The van der Waals surface area contributed by atoms with Crippen LogP contribution in [-0.2, 0) is 12.8 Å². The molecule has 0 aliphatic heterocycles. The maximum Gasteiger partial charge on any atom is 0.416 e. The predicted octanol–water partition coefficient (Wildman–Crippen LogP) is 9.30. The quantitative estimate of drug-likeness (QED) is 0.242. The minimum Gasteiger partial charge on any atom is -0.410 e. The Bertz CT molecular complexity index is 1010. The van der Waals surface area contributed by atoms with Crippen LogP contribution >= 0.6 is 0 Å². The second kappa shape index (κ2) is 16.4. The smallest absolute Gasteiger partial charge is 0.410 e. The van der Waals surface area contributed by atoms with Crippen molar-refractivity contribution in [1.29, 1.82) is 0 Å². The number of unbranched alkanes of at least 4 members (excludes halogenated alkanes) is 2. The number of carbonyl (C=O) groups excluding carboxylic acids is 2. The van der Waals surface area contributed by atoms with E-state index < -0.39 is 0 Å². The molecule has 2 fully saturated rings. The van der Waals surface area contributed by atoms with Crippen molar-refractivity contribution in [2.75, 3.05) is 6.67 Å². The van der Waals surface area contributed by atoms with Crippen LogP contribution in [0, 0.1) is 0 Å². The van der Waals surface area contributed by atoms with E-state index >= 15 is 0 Å². The minimum atomic E-state index is -0.363. The molecule has 0 unspecified atom stereocenters. The molecule has 6 heteroatoms. The largest absolute Gasteiger partial charge is 0.416 e. The number of hydrogen-bond acceptors (Lipinski definition) is 4. The first-order chi connectivity index (χ1) is 20.1. The van der Waals surface area contributed by atoms with Gasteiger partial charge >= 0.3 is 12.2 Å². The maximum atomic E-state index is 13.9. The molecule has 0 radical (unpaired) electrons. The number of rotatable bonds is 12. The van der Waals surface area contributed by atoms with Crippen molar-refractivity contribution >= 4 is 12.2 Å². The van der Waals surface area contributed by atoms with Crippen molar-refractivity contribution < 1.29 is 19.1 Å². The first-order valence-electron chi connectivity index (χ1n) is 16.2. The molecule has 2 aromatic rings. The van der Waals surface area contributed by atoms with Gasteiger partial charge in [-0.1, -0.05) is 102 Å². The molecular formula is C35H50N2O4. The molecule has 2 aromatic carbocycles. The van der Waals surface area contributed by atoms with E-state index in [1.165, 1.54) is 12.8 Å². The zero-order valence-corrected chi connectivity index (χ0v) is 25.3. The van der Waals surface area contributed by atoms with Gasteiger partial charge in [-0.15, -0.1) is 0 Å². The molecule has 0 saturated heterocycles. The molecule has 0 N–H and O–H groups in total. The Morgan fingerprint density at radius 2 is 1.02 bits per heavy atom. The molecule has 2 amide bonds. The predicted molar refractivity (Wildman–Crippen MR) is 164 cm³/mol. The van der Waals surface area contributed by atoms with Crippen LogP contribution < -0.4 is 9.47 Å². The van der Waals surface area contributed by atoms with Gasteiger partial charge in [-0.25, -0.2) is 9.59 Å². The van der Waals surface area contributed by atoms with Crippen LogP contribution in [0.3, 0.4) is 0 Å². The lowest BCUT2D eigenvalue weighted by Crippen LogP contribution is -2.54.